The fourth-order valence-electron chi connectivity index (χ4n) is 1.55. The first-order chi connectivity index (χ1) is 7.18. The first-order valence-electron chi connectivity index (χ1n) is 4.49. The van der Waals surface area contributed by atoms with Gasteiger partial charge >= 0.3 is 5.97 Å². The summed E-state index contributed by atoms with van der Waals surface area (Å²) in [6.45, 7) is 0. The summed E-state index contributed by atoms with van der Waals surface area (Å²) in [5.41, 5.74) is 1.65. The van der Waals surface area contributed by atoms with Crippen LogP contribution in [-0.4, -0.2) is 21.8 Å². The van der Waals surface area contributed by atoms with Crippen LogP contribution in [0.4, 0.5) is 0 Å². The molecule has 0 unspecified atom stereocenters. The summed E-state index contributed by atoms with van der Waals surface area (Å²) in [6, 6.07) is 7.27. The van der Waals surface area contributed by atoms with Crippen molar-refractivity contribution in [2.75, 3.05) is 0 Å². The number of carbonyl (C=O) groups excluding carboxylic acids is 1. The number of aliphatic carboxylic acids is 1. The van der Waals surface area contributed by atoms with Crippen LogP contribution in [0.3, 0.4) is 0 Å². The molecular formula is C11H9NO3. The quantitative estimate of drug-likeness (QED) is 0.740. The lowest BCUT2D eigenvalue weighted by molar-refractivity contribution is -0.148. The van der Waals surface area contributed by atoms with E-state index in [1.54, 1.807) is 18.3 Å². The highest BCUT2D eigenvalue weighted by Gasteiger charge is 2.13. The molecule has 2 rings (SSSR count). The number of ketones is 1. The van der Waals surface area contributed by atoms with E-state index >= 15 is 0 Å². The molecule has 4 nitrogen and oxygen atoms in total. The van der Waals surface area contributed by atoms with Gasteiger partial charge in [0, 0.05) is 23.5 Å². The number of carbonyl (C=O) groups is 2. The third kappa shape index (κ3) is 1.74. The van der Waals surface area contributed by atoms with Crippen LogP contribution in [-0.2, 0) is 16.0 Å². The van der Waals surface area contributed by atoms with E-state index in [2.05, 4.69) is 4.98 Å². The number of carboxylic acids is 1. The minimum atomic E-state index is -1.39. The number of aromatic amines is 1. The summed E-state index contributed by atoms with van der Waals surface area (Å²) < 4.78 is 0. The van der Waals surface area contributed by atoms with E-state index in [1.807, 2.05) is 12.1 Å². The maximum absolute atomic E-state index is 11.1. The zero-order chi connectivity index (χ0) is 10.8. The number of hydrogen-bond donors (Lipinski definition) is 2. The van der Waals surface area contributed by atoms with E-state index in [-0.39, 0.29) is 6.42 Å². The SMILES string of the molecule is O=C(O)C(=O)Cc1cccc2[nH]ccc12. The summed E-state index contributed by atoms with van der Waals surface area (Å²) >= 11 is 0. The van der Waals surface area contributed by atoms with Gasteiger partial charge in [-0.25, -0.2) is 4.79 Å². The molecule has 2 aromatic rings. The Morgan fingerprint density at radius 1 is 1.27 bits per heavy atom. The highest BCUT2D eigenvalue weighted by Crippen LogP contribution is 2.17. The molecule has 76 valence electrons. The average Bonchev–Trinajstić information content (AvgIpc) is 2.66. The lowest BCUT2D eigenvalue weighted by Crippen LogP contribution is -2.15. The molecule has 0 bridgehead atoms. The summed E-state index contributed by atoms with van der Waals surface area (Å²) in [5, 5.41) is 9.40. The van der Waals surface area contributed by atoms with Crippen molar-refractivity contribution < 1.29 is 14.7 Å². The van der Waals surface area contributed by atoms with Crippen LogP contribution < -0.4 is 0 Å². The van der Waals surface area contributed by atoms with Gasteiger partial charge in [0.15, 0.2) is 0 Å². The van der Waals surface area contributed by atoms with E-state index < -0.39 is 11.8 Å². The van der Waals surface area contributed by atoms with Gasteiger partial charge < -0.3 is 10.1 Å². The molecule has 1 heterocycles. The third-order valence-corrected chi connectivity index (χ3v) is 2.27. The molecule has 0 atom stereocenters. The summed E-state index contributed by atoms with van der Waals surface area (Å²) in [7, 11) is 0. The second kappa shape index (κ2) is 3.57. The molecule has 0 amide bonds. The minimum absolute atomic E-state index is 0.0650. The Bertz CT molecular complexity index is 527. The van der Waals surface area contributed by atoms with Gasteiger partial charge in [-0.1, -0.05) is 12.1 Å². The molecule has 1 aromatic heterocycles. The van der Waals surface area contributed by atoms with E-state index in [1.165, 1.54) is 0 Å². The van der Waals surface area contributed by atoms with Crippen molar-refractivity contribution in [1.29, 1.82) is 0 Å². The molecule has 2 N–H and O–H groups in total. The number of fused-ring (bicyclic) bond motifs is 1. The Morgan fingerprint density at radius 3 is 2.80 bits per heavy atom. The van der Waals surface area contributed by atoms with Crippen LogP contribution in [0.1, 0.15) is 5.56 Å². The maximum Gasteiger partial charge on any atom is 0.372 e. The Hall–Kier alpha value is -2.10. The van der Waals surface area contributed by atoms with E-state index in [0.29, 0.717) is 0 Å². The monoisotopic (exact) mass is 203 g/mol. The van der Waals surface area contributed by atoms with Crippen molar-refractivity contribution in [2.24, 2.45) is 0 Å². The van der Waals surface area contributed by atoms with Crippen molar-refractivity contribution >= 4 is 22.7 Å². The molecule has 15 heavy (non-hydrogen) atoms. The Balaban J connectivity index is 2.39. The van der Waals surface area contributed by atoms with Crippen molar-refractivity contribution in [1.82, 2.24) is 4.98 Å². The van der Waals surface area contributed by atoms with Gasteiger partial charge in [0.1, 0.15) is 0 Å². The highest BCUT2D eigenvalue weighted by molar-refractivity contribution is 6.33. The van der Waals surface area contributed by atoms with Crippen molar-refractivity contribution in [3.8, 4) is 0 Å². The predicted octanol–water partition coefficient (Wildman–Crippen LogP) is 1.36. The Labute approximate surface area is 85.5 Å². The fraction of sp³-hybridized carbons (Fsp3) is 0.0909. The number of nitrogens with one attached hydrogen (secondary N) is 1. The van der Waals surface area contributed by atoms with Gasteiger partial charge in [-0.05, 0) is 17.7 Å². The van der Waals surface area contributed by atoms with Gasteiger partial charge in [0.2, 0.25) is 5.78 Å². The van der Waals surface area contributed by atoms with E-state index in [9.17, 15) is 9.59 Å². The third-order valence-electron chi connectivity index (χ3n) is 2.27. The minimum Gasteiger partial charge on any atom is -0.475 e. The molecule has 4 heteroatoms. The Morgan fingerprint density at radius 2 is 2.07 bits per heavy atom. The summed E-state index contributed by atoms with van der Waals surface area (Å²) in [5.74, 6) is -2.17. The standard InChI is InChI=1S/C11H9NO3/c13-10(11(14)15)6-7-2-1-3-9-8(7)4-5-12-9/h1-5,12H,6H2,(H,14,15). The molecule has 0 aliphatic carbocycles. The summed E-state index contributed by atoms with van der Waals surface area (Å²) in [6.07, 6.45) is 1.70. The maximum atomic E-state index is 11.1. The van der Waals surface area contributed by atoms with Crippen LogP contribution in [0, 0.1) is 0 Å². The van der Waals surface area contributed by atoms with E-state index in [4.69, 9.17) is 5.11 Å². The van der Waals surface area contributed by atoms with Crippen LogP contribution in [0.25, 0.3) is 10.9 Å². The number of aromatic nitrogens is 1. The molecule has 1 aromatic carbocycles. The molecule has 0 fully saturated rings. The number of carboxylic acid groups (broad SMARTS) is 1. The zero-order valence-electron chi connectivity index (χ0n) is 7.86. The van der Waals surface area contributed by atoms with Gasteiger partial charge in [-0.15, -0.1) is 0 Å². The molecule has 0 radical (unpaired) electrons. The normalized spacial score (nSPS) is 10.4. The largest absolute Gasteiger partial charge is 0.475 e. The number of rotatable bonds is 3. The van der Waals surface area contributed by atoms with Gasteiger partial charge in [-0.2, -0.15) is 0 Å². The average molecular weight is 203 g/mol. The smallest absolute Gasteiger partial charge is 0.372 e. The van der Waals surface area contributed by atoms with Gasteiger partial charge in [0.05, 0.1) is 0 Å². The molecule has 0 saturated carbocycles. The second-order valence-corrected chi connectivity index (χ2v) is 3.26. The molecule has 0 saturated heterocycles. The molecule has 0 aliphatic heterocycles. The summed E-state index contributed by atoms with van der Waals surface area (Å²) in [4.78, 5) is 24.5. The number of Topliss-reactive ketones (excluding diaryl/α,β-unsaturated/α-hetero) is 1. The highest BCUT2D eigenvalue weighted by atomic mass is 16.4. The van der Waals surface area contributed by atoms with Crippen molar-refractivity contribution in [3.63, 3.8) is 0 Å². The van der Waals surface area contributed by atoms with E-state index in [0.717, 1.165) is 16.5 Å². The molecular weight excluding hydrogens is 194 g/mol. The van der Waals surface area contributed by atoms with Crippen LogP contribution in [0.15, 0.2) is 30.5 Å². The lowest BCUT2D eigenvalue weighted by atomic mass is 10.0. The Kier molecular flexibility index (Phi) is 2.25. The molecule has 0 spiro atoms. The van der Waals surface area contributed by atoms with Crippen LogP contribution in [0.2, 0.25) is 0 Å². The molecule has 0 aliphatic rings. The predicted molar refractivity (Wildman–Crippen MR) is 54.6 cm³/mol. The van der Waals surface area contributed by atoms with Gasteiger partial charge in [0.25, 0.3) is 0 Å². The second-order valence-electron chi connectivity index (χ2n) is 3.26. The van der Waals surface area contributed by atoms with Gasteiger partial charge in [-0.3, -0.25) is 4.79 Å². The first kappa shape index (κ1) is 9.45. The topological polar surface area (TPSA) is 70.2 Å². The first-order valence-corrected chi connectivity index (χ1v) is 4.49. The lowest BCUT2D eigenvalue weighted by Gasteiger charge is -1.99. The van der Waals surface area contributed by atoms with Crippen LogP contribution in [0.5, 0.6) is 0 Å². The van der Waals surface area contributed by atoms with Crippen molar-refractivity contribution in [3.05, 3.63) is 36.0 Å². The number of benzene rings is 1. The fourth-order valence-corrected chi connectivity index (χ4v) is 1.55. The van der Waals surface area contributed by atoms with Crippen LogP contribution >= 0.6 is 0 Å². The zero-order valence-corrected chi connectivity index (χ0v) is 7.86. The number of hydrogen-bond acceptors (Lipinski definition) is 2. The number of H-pyrrole nitrogens is 1. The van der Waals surface area contributed by atoms with Crippen molar-refractivity contribution in [2.45, 2.75) is 6.42 Å².